The van der Waals surface area contributed by atoms with Crippen LogP contribution in [0.4, 0.5) is 29.3 Å². The number of likely N-dealkylation sites (tertiary alicyclic amines) is 1. The van der Waals surface area contributed by atoms with E-state index < -0.39 is 41.4 Å². The smallest absolute Gasteiger partial charge is 0.335 e. The van der Waals surface area contributed by atoms with Gasteiger partial charge in [0.2, 0.25) is 5.91 Å². The van der Waals surface area contributed by atoms with Crippen LogP contribution in [0.15, 0.2) is 18.2 Å². The van der Waals surface area contributed by atoms with Crippen LogP contribution in [-0.2, 0) is 15.8 Å². The van der Waals surface area contributed by atoms with E-state index in [0.717, 1.165) is 17.0 Å². The number of carbonyl (C=O) groups is 3. The normalized spacial score (nSPS) is 26.1. The van der Waals surface area contributed by atoms with Gasteiger partial charge < -0.3 is 9.80 Å². The maximum absolute atomic E-state index is 13.3. The predicted octanol–water partition coefficient (Wildman–Crippen LogP) is 2.79. The number of benzene rings is 1. The average Bonchev–Trinajstić information content (AvgIpc) is 3.31. The molecule has 10 heteroatoms. The molecule has 0 spiro atoms. The number of carbonyl (C=O) groups excluding carboxylic acids is 3. The van der Waals surface area contributed by atoms with E-state index in [9.17, 15) is 27.6 Å². The Morgan fingerprint density at radius 1 is 1.32 bits per heavy atom. The first-order valence-corrected chi connectivity index (χ1v) is 8.73. The second kappa shape index (κ2) is 5.95. The number of imide groups is 1. The highest BCUT2D eigenvalue weighted by Gasteiger charge is 2.62. The number of fused-ring (bicyclic) bond motifs is 5. The number of piperazine rings is 1. The minimum Gasteiger partial charge on any atom is -0.335 e. The summed E-state index contributed by atoms with van der Waals surface area (Å²) in [6.07, 6.45) is -4.03. The summed E-state index contributed by atoms with van der Waals surface area (Å²) in [5.74, 6) is -0.763. The third-order valence-electron chi connectivity index (χ3n) is 5.55. The van der Waals surface area contributed by atoms with Crippen molar-refractivity contribution >= 4 is 29.2 Å². The van der Waals surface area contributed by atoms with Gasteiger partial charge in [0.1, 0.15) is 6.04 Å². The second-order valence-corrected chi connectivity index (χ2v) is 6.98. The molecule has 4 amide bonds. The summed E-state index contributed by atoms with van der Waals surface area (Å²) < 4.78 is 39.8. The summed E-state index contributed by atoms with van der Waals surface area (Å²) in [5.41, 5.74) is -2.02. The molecular weight excluding hydrogens is 377 g/mol. The summed E-state index contributed by atoms with van der Waals surface area (Å²) in [5, 5.41) is 0. The third kappa shape index (κ3) is 2.38. The van der Waals surface area contributed by atoms with Gasteiger partial charge >= 0.3 is 12.2 Å². The van der Waals surface area contributed by atoms with E-state index in [-0.39, 0.29) is 24.1 Å². The number of urea groups is 1. The fourth-order valence-electron chi connectivity index (χ4n) is 4.37. The Kier molecular flexibility index (Phi) is 3.89. The van der Waals surface area contributed by atoms with Crippen LogP contribution in [0, 0.1) is 6.57 Å². The van der Waals surface area contributed by atoms with Gasteiger partial charge in [-0.3, -0.25) is 9.59 Å². The minimum absolute atomic E-state index is 0.119. The predicted molar refractivity (Wildman–Crippen MR) is 90.4 cm³/mol. The van der Waals surface area contributed by atoms with Gasteiger partial charge in [0.05, 0.1) is 29.9 Å². The molecule has 3 atom stereocenters. The Bertz CT molecular complexity index is 939. The van der Waals surface area contributed by atoms with Gasteiger partial charge in [0.25, 0.3) is 5.91 Å². The minimum atomic E-state index is -4.79. The molecule has 4 rings (SSSR count). The lowest BCUT2D eigenvalue weighted by Gasteiger charge is -2.34. The van der Waals surface area contributed by atoms with Gasteiger partial charge in [-0.25, -0.2) is 14.5 Å². The van der Waals surface area contributed by atoms with Crippen LogP contribution in [0.1, 0.15) is 25.3 Å². The van der Waals surface area contributed by atoms with Crippen LogP contribution in [0.2, 0.25) is 0 Å². The first-order valence-electron chi connectivity index (χ1n) is 8.73. The number of anilines is 1. The van der Waals surface area contributed by atoms with Crippen LogP contribution in [-0.4, -0.2) is 52.3 Å². The Balaban J connectivity index is 1.71. The first-order chi connectivity index (χ1) is 13.2. The van der Waals surface area contributed by atoms with Crippen molar-refractivity contribution < 1.29 is 27.6 Å². The molecule has 1 aromatic carbocycles. The van der Waals surface area contributed by atoms with Crippen molar-refractivity contribution in [3.8, 4) is 0 Å². The maximum Gasteiger partial charge on any atom is 0.407 e. The number of hydrogen-bond donors (Lipinski definition) is 0. The summed E-state index contributed by atoms with van der Waals surface area (Å²) >= 11 is 0. The zero-order valence-corrected chi connectivity index (χ0v) is 14.7. The third-order valence-corrected chi connectivity index (χ3v) is 5.55. The Morgan fingerprint density at radius 2 is 2.04 bits per heavy atom. The standard InChI is InChI=1S/C18H15F3N4O3/c1-3-14(26)23-8-10-7-13(23)15-16(27)25(17(28)24(10)15)9-4-5-12(22-2)11(6-9)18(19,20)21/h4-6,10,13,15H,3,7-8H2,1H3/t10?,13-,15-/m1/s1. The Hall–Kier alpha value is -3.09. The van der Waals surface area contributed by atoms with Crippen molar-refractivity contribution in [2.45, 2.75) is 44.1 Å². The van der Waals surface area contributed by atoms with Crippen molar-refractivity contribution in [1.29, 1.82) is 0 Å². The molecule has 3 heterocycles. The molecule has 0 N–H and O–H groups in total. The fraction of sp³-hybridized carbons (Fsp3) is 0.444. The van der Waals surface area contributed by atoms with E-state index in [1.54, 1.807) is 11.8 Å². The average molecular weight is 392 g/mol. The summed E-state index contributed by atoms with van der Waals surface area (Å²) in [6, 6.07) is 0.433. The van der Waals surface area contributed by atoms with E-state index in [2.05, 4.69) is 4.85 Å². The topological polar surface area (TPSA) is 65.3 Å². The highest BCUT2D eigenvalue weighted by Crippen LogP contribution is 2.44. The number of nitrogens with zero attached hydrogens (tertiary/aromatic N) is 4. The van der Waals surface area contributed by atoms with Crippen LogP contribution < -0.4 is 4.90 Å². The second-order valence-electron chi connectivity index (χ2n) is 6.98. The lowest BCUT2D eigenvalue weighted by molar-refractivity contribution is -0.137. The van der Waals surface area contributed by atoms with Crippen molar-refractivity contribution in [2.24, 2.45) is 0 Å². The molecule has 0 saturated carbocycles. The zero-order chi connectivity index (χ0) is 20.4. The molecule has 3 fully saturated rings. The summed E-state index contributed by atoms with van der Waals surface area (Å²) in [7, 11) is 0. The van der Waals surface area contributed by atoms with Gasteiger partial charge in [0, 0.05) is 13.0 Å². The number of hydrogen-bond acceptors (Lipinski definition) is 3. The van der Waals surface area contributed by atoms with Crippen LogP contribution >= 0.6 is 0 Å². The van der Waals surface area contributed by atoms with Crippen LogP contribution in [0.25, 0.3) is 4.85 Å². The molecule has 3 aliphatic heterocycles. The molecule has 28 heavy (non-hydrogen) atoms. The summed E-state index contributed by atoms with van der Waals surface area (Å²) in [4.78, 5) is 44.4. The molecule has 0 radical (unpaired) electrons. The number of amides is 4. The SMILES string of the molecule is [C-]#[N+]c1ccc(N2C(=O)[C@H]3[C@H]4CC(CN4C(=O)CC)N3C2=O)cc1C(F)(F)F. The van der Waals surface area contributed by atoms with Crippen molar-refractivity contribution in [3.05, 3.63) is 35.2 Å². The maximum atomic E-state index is 13.3. The number of halogens is 3. The highest BCUT2D eigenvalue weighted by atomic mass is 19.4. The molecule has 0 aromatic heterocycles. The molecule has 1 unspecified atom stereocenters. The largest absolute Gasteiger partial charge is 0.407 e. The van der Waals surface area contributed by atoms with E-state index in [1.807, 2.05) is 0 Å². The van der Waals surface area contributed by atoms with Crippen molar-refractivity contribution in [3.63, 3.8) is 0 Å². The molecule has 146 valence electrons. The number of rotatable bonds is 2. The van der Waals surface area contributed by atoms with Gasteiger partial charge in [-0.2, -0.15) is 13.2 Å². The van der Waals surface area contributed by atoms with Crippen LogP contribution in [0.5, 0.6) is 0 Å². The van der Waals surface area contributed by atoms with Gasteiger partial charge in [-0.05, 0) is 18.6 Å². The lowest BCUT2D eigenvalue weighted by Crippen LogP contribution is -2.54. The van der Waals surface area contributed by atoms with Gasteiger partial charge in [-0.15, -0.1) is 0 Å². The molecule has 0 aliphatic carbocycles. The van der Waals surface area contributed by atoms with E-state index in [0.29, 0.717) is 19.0 Å². The van der Waals surface area contributed by atoms with Crippen molar-refractivity contribution in [2.75, 3.05) is 11.4 Å². The quantitative estimate of drug-likeness (QED) is 0.574. The van der Waals surface area contributed by atoms with E-state index in [4.69, 9.17) is 6.57 Å². The number of alkyl halides is 3. The van der Waals surface area contributed by atoms with Gasteiger partial charge in [0.15, 0.2) is 5.69 Å². The molecule has 7 nitrogen and oxygen atoms in total. The van der Waals surface area contributed by atoms with E-state index in [1.165, 1.54) is 4.90 Å². The monoisotopic (exact) mass is 392 g/mol. The van der Waals surface area contributed by atoms with Crippen LogP contribution in [0.3, 0.4) is 0 Å². The first kappa shape index (κ1) is 18.3. The zero-order valence-electron chi connectivity index (χ0n) is 14.7. The Morgan fingerprint density at radius 3 is 2.64 bits per heavy atom. The highest BCUT2D eigenvalue weighted by molar-refractivity contribution is 6.22. The molecule has 1 aromatic rings. The molecule has 3 saturated heterocycles. The Labute approximate surface area is 158 Å². The lowest BCUT2D eigenvalue weighted by atomic mass is 10.1. The molecule has 3 aliphatic rings. The molecular formula is C18H15F3N4O3. The van der Waals surface area contributed by atoms with Crippen molar-refractivity contribution in [1.82, 2.24) is 9.80 Å². The van der Waals surface area contributed by atoms with E-state index >= 15 is 0 Å². The summed E-state index contributed by atoms with van der Waals surface area (Å²) in [6.45, 7) is 8.93. The van der Waals surface area contributed by atoms with Gasteiger partial charge in [-0.1, -0.05) is 13.0 Å². The molecule has 2 bridgehead atoms. The fourth-order valence-corrected chi connectivity index (χ4v) is 4.37.